The van der Waals surface area contributed by atoms with Gasteiger partial charge in [-0.15, -0.1) is 0 Å². The summed E-state index contributed by atoms with van der Waals surface area (Å²) in [4.78, 5) is 11.6. The van der Waals surface area contributed by atoms with Gasteiger partial charge in [-0.05, 0) is 35.4 Å². The van der Waals surface area contributed by atoms with Crippen molar-refractivity contribution < 1.29 is 18.3 Å². The summed E-state index contributed by atoms with van der Waals surface area (Å²) >= 11 is 0. The molecule has 0 saturated carbocycles. The van der Waals surface area contributed by atoms with Crippen LogP contribution in [0.5, 0.6) is 0 Å². The van der Waals surface area contributed by atoms with Crippen LogP contribution >= 0.6 is 0 Å². The highest BCUT2D eigenvalue weighted by Crippen LogP contribution is 2.35. The fraction of sp³-hybridized carbons (Fsp3) is 0.222. The number of rotatable bonds is 5. The molecular formula is C18H19N3O4S. The van der Waals surface area contributed by atoms with Gasteiger partial charge in [-0.25, -0.2) is 13.2 Å². The molecule has 2 aromatic carbocycles. The van der Waals surface area contributed by atoms with Gasteiger partial charge in [0.2, 0.25) is 0 Å². The zero-order chi connectivity index (χ0) is 18.9. The Kier molecular flexibility index (Phi) is 4.80. The summed E-state index contributed by atoms with van der Waals surface area (Å²) in [5, 5.41) is 15.2. The largest absolute Gasteiger partial charge is 0.477 e. The second kappa shape index (κ2) is 6.89. The van der Waals surface area contributed by atoms with Crippen molar-refractivity contribution in [1.29, 1.82) is 0 Å². The summed E-state index contributed by atoms with van der Waals surface area (Å²) in [6.07, 6.45) is 1.39. The molecule has 7 nitrogen and oxygen atoms in total. The predicted molar refractivity (Wildman–Crippen MR) is 98.8 cm³/mol. The number of carboxylic acids is 1. The van der Waals surface area contributed by atoms with Crippen molar-refractivity contribution in [3.63, 3.8) is 0 Å². The quantitative estimate of drug-likeness (QED) is 0.828. The summed E-state index contributed by atoms with van der Waals surface area (Å²) in [6.45, 7) is 0.429. The maximum Gasteiger partial charge on any atom is 0.352 e. The van der Waals surface area contributed by atoms with Crippen molar-refractivity contribution in [2.45, 2.75) is 23.9 Å². The number of hydrazone groups is 1. The first-order chi connectivity index (χ1) is 12.3. The Morgan fingerprint density at radius 3 is 2.31 bits per heavy atom. The van der Waals surface area contributed by atoms with Crippen LogP contribution in [0.4, 0.5) is 5.69 Å². The molecule has 0 spiro atoms. The molecule has 1 unspecified atom stereocenters. The van der Waals surface area contributed by atoms with Crippen LogP contribution < -0.4 is 10.7 Å². The van der Waals surface area contributed by atoms with Gasteiger partial charge in [-0.2, -0.15) is 5.10 Å². The van der Waals surface area contributed by atoms with Gasteiger partial charge in [0.05, 0.1) is 16.6 Å². The number of carboxylic acid groups (broad SMARTS) is 1. The number of anilines is 1. The van der Waals surface area contributed by atoms with Crippen molar-refractivity contribution in [3.05, 3.63) is 59.7 Å². The SMILES string of the molecule is CS(=O)(=O)c1ccc(N2N=C(C(=O)O)CC2c2ccc(CN)cc2)cc1. The minimum absolute atomic E-state index is 0.0603. The molecule has 26 heavy (non-hydrogen) atoms. The van der Waals surface area contributed by atoms with Crippen LogP contribution in [-0.4, -0.2) is 31.5 Å². The van der Waals surface area contributed by atoms with Crippen molar-refractivity contribution in [3.8, 4) is 0 Å². The molecule has 136 valence electrons. The highest BCUT2D eigenvalue weighted by atomic mass is 32.2. The van der Waals surface area contributed by atoms with E-state index in [1.165, 1.54) is 12.1 Å². The molecule has 0 amide bonds. The van der Waals surface area contributed by atoms with Gasteiger partial charge < -0.3 is 10.8 Å². The number of nitrogens with two attached hydrogens (primary N) is 1. The average Bonchev–Trinajstić information content (AvgIpc) is 3.07. The van der Waals surface area contributed by atoms with E-state index in [-0.39, 0.29) is 23.1 Å². The van der Waals surface area contributed by atoms with Crippen molar-refractivity contribution in [2.24, 2.45) is 10.8 Å². The van der Waals surface area contributed by atoms with E-state index in [1.807, 2.05) is 24.3 Å². The Morgan fingerprint density at radius 1 is 1.19 bits per heavy atom. The highest BCUT2D eigenvalue weighted by Gasteiger charge is 2.32. The number of nitrogens with zero attached hydrogens (tertiary/aromatic N) is 2. The molecule has 2 aromatic rings. The lowest BCUT2D eigenvalue weighted by Gasteiger charge is -2.24. The number of aliphatic carboxylic acids is 1. The molecule has 0 fully saturated rings. The molecule has 3 N–H and O–H groups in total. The van der Waals surface area contributed by atoms with Gasteiger partial charge in [-0.3, -0.25) is 5.01 Å². The lowest BCUT2D eigenvalue weighted by molar-refractivity contribution is -0.129. The normalized spacial score (nSPS) is 17.2. The standard InChI is InChI=1S/C18H19N3O4S/c1-26(24,25)15-8-6-14(7-9-15)21-17(10-16(20-21)18(22)23)13-4-2-12(11-19)3-5-13/h2-9,17H,10-11,19H2,1H3,(H,22,23). The molecule has 1 atom stereocenters. The van der Waals surface area contributed by atoms with Gasteiger partial charge in [0.15, 0.2) is 9.84 Å². The summed E-state index contributed by atoms with van der Waals surface area (Å²) in [6, 6.07) is 13.6. The summed E-state index contributed by atoms with van der Waals surface area (Å²) in [7, 11) is -3.30. The fourth-order valence-corrected chi connectivity index (χ4v) is 3.49. The molecule has 1 heterocycles. The summed E-state index contributed by atoms with van der Waals surface area (Å²) in [5.41, 5.74) is 8.20. The first kappa shape index (κ1) is 18.1. The first-order valence-electron chi connectivity index (χ1n) is 7.98. The Balaban J connectivity index is 1.98. The van der Waals surface area contributed by atoms with Crippen LogP contribution in [0.15, 0.2) is 58.5 Å². The van der Waals surface area contributed by atoms with Crippen molar-refractivity contribution >= 4 is 27.2 Å². The lowest BCUT2D eigenvalue weighted by atomic mass is 10.00. The van der Waals surface area contributed by atoms with Crippen molar-refractivity contribution in [1.82, 2.24) is 0 Å². The molecule has 0 aromatic heterocycles. The van der Waals surface area contributed by atoms with Gasteiger partial charge in [0.1, 0.15) is 5.71 Å². The fourth-order valence-electron chi connectivity index (χ4n) is 2.86. The summed E-state index contributed by atoms with van der Waals surface area (Å²) in [5.74, 6) is -1.07. The van der Waals surface area contributed by atoms with Crippen LogP contribution in [0, 0.1) is 0 Å². The van der Waals surface area contributed by atoms with E-state index in [4.69, 9.17) is 5.73 Å². The maximum absolute atomic E-state index is 11.6. The van der Waals surface area contributed by atoms with Crippen LogP contribution in [-0.2, 0) is 21.2 Å². The van der Waals surface area contributed by atoms with E-state index < -0.39 is 15.8 Å². The third-order valence-corrected chi connectivity index (χ3v) is 5.42. The molecule has 0 radical (unpaired) electrons. The second-order valence-electron chi connectivity index (χ2n) is 6.13. The lowest BCUT2D eigenvalue weighted by Crippen LogP contribution is -2.18. The van der Waals surface area contributed by atoms with Crippen LogP contribution in [0.1, 0.15) is 23.6 Å². The van der Waals surface area contributed by atoms with E-state index in [9.17, 15) is 18.3 Å². The van der Waals surface area contributed by atoms with Gasteiger partial charge >= 0.3 is 5.97 Å². The van der Waals surface area contributed by atoms with Gasteiger partial charge in [0, 0.05) is 19.2 Å². The molecule has 0 bridgehead atoms. The minimum atomic E-state index is -3.30. The number of benzene rings is 2. The molecule has 8 heteroatoms. The Bertz CT molecular complexity index is 951. The van der Waals surface area contributed by atoms with Gasteiger partial charge in [0.25, 0.3) is 0 Å². The highest BCUT2D eigenvalue weighted by molar-refractivity contribution is 7.90. The Morgan fingerprint density at radius 2 is 1.81 bits per heavy atom. The van der Waals surface area contributed by atoms with E-state index >= 15 is 0 Å². The van der Waals surface area contributed by atoms with Crippen molar-refractivity contribution in [2.75, 3.05) is 11.3 Å². The smallest absolute Gasteiger partial charge is 0.352 e. The number of hydrogen-bond acceptors (Lipinski definition) is 6. The van der Waals surface area contributed by atoms with E-state index in [0.717, 1.165) is 17.4 Å². The van der Waals surface area contributed by atoms with E-state index in [0.29, 0.717) is 12.2 Å². The molecule has 3 rings (SSSR count). The molecule has 0 saturated heterocycles. The minimum Gasteiger partial charge on any atom is -0.477 e. The van der Waals surface area contributed by atoms with Crippen LogP contribution in [0.3, 0.4) is 0 Å². The number of sulfone groups is 1. The zero-order valence-electron chi connectivity index (χ0n) is 14.2. The third-order valence-electron chi connectivity index (χ3n) is 4.29. The van der Waals surface area contributed by atoms with Gasteiger partial charge in [-0.1, -0.05) is 24.3 Å². The van der Waals surface area contributed by atoms with E-state index in [2.05, 4.69) is 5.10 Å². The Hall–Kier alpha value is -2.71. The summed E-state index contributed by atoms with van der Waals surface area (Å²) < 4.78 is 23.2. The Labute approximate surface area is 151 Å². The molecule has 0 aliphatic carbocycles. The second-order valence-corrected chi connectivity index (χ2v) is 8.14. The van der Waals surface area contributed by atoms with E-state index in [1.54, 1.807) is 17.1 Å². The number of hydrogen-bond donors (Lipinski definition) is 2. The molecular weight excluding hydrogens is 354 g/mol. The first-order valence-corrected chi connectivity index (χ1v) is 9.88. The third kappa shape index (κ3) is 3.61. The monoisotopic (exact) mass is 373 g/mol. The molecule has 1 aliphatic heterocycles. The molecule has 1 aliphatic rings. The van der Waals surface area contributed by atoms with Crippen LogP contribution in [0.2, 0.25) is 0 Å². The maximum atomic E-state index is 11.6. The number of carbonyl (C=O) groups is 1. The zero-order valence-corrected chi connectivity index (χ0v) is 15.0. The predicted octanol–water partition coefficient (Wildman–Crippen LogP) is 1.94. The topological polar surface area (TPSA) is 113 Å². The van der Waals surface area contributed by atoms with Crippen LogP contribution in [0.25, 0.3) is 0 Å². The average molecular weight is 373 g/mol.